The molecule has 0 aromatic carbocycles. The molecular formula is C14H23ClN4O. The fourth-order valence-electron chi connectivity index (χ4n) is 2.32. The van der Waals surface area contributed by atoms with Crippen LogP contribution < -0.4 is 5.32 Å². The monoisotopic (exact) mass is 298 g/mol. The molecule has 0 aliphatic heterocycles. The van der Waals surface area contributed by atoms with Gasteiger partial charge in [0.1, 0.15) is 10.8 Å². The summed E-state index contributed by atoms with van der Waals surface area (Å²) in [6.45, 7) is 4.96. The quantitative estimate of drug-likeness (QED) is 0.838. The van der Waals surface area contributed by atoms with Crippen molar-refractivity contribution < 1.29 is 4.79 Å². The lowest BCUT2D eigenvalue weighted by molar-refractivity contribution is 0.0923. The normalized spacial score (nSPS) is 12.8. The number of hydrogen-bond acceptors (Lipinski definition) is 4. The molecule has 20 heavy (non-hydrogen) atoms. The van der Waals surface area contributed by atoms with Gasteiger partial charge in [0.05, 0.1) is 12.4 Å². The number of halogens is 1. The second kappa shape index (κ2) is 8.17. The van der Waals surface area contributed by atoms with E-state index in [4.69, 9.17) is 11.6 Å². The molecule has 5 nitrogen and oxygen atoms in total. The Morgan fingerprint density at radius 2 is 1.95 bits per heavy atom. The first-order chi connectivity index (χ1) is 9.49. The van der Waals surface area contributed by atoms with Crippen LogP contribution in [0.4, 0.5) is 0 Å². The lowest BCUT2D eigenvalue weighted by Gasteiger charge is -2.31. The Morgan fingerprint density at radius 1 is 1.30 bits per heavy atom. The molecule has 1 rings (SSSR count). The van der Waals surface area contributed by atoms with Gasteiger partial charge in [-0.2, -0.15) is 0 Å². The zero-order valence-electron chi connectivity index (χ0n) is 12.6. The van der Waals surface area contributed by atoms with E-state index >= 15 is 0 Å². The Hall–Kier alpha value is -1.20. The van der Waals surface area contributed by atoms with Gasteiger partial charge in [-0.05, 0) is 20.0 Å². The van der Waals surface area contributed by atoms with Gasteiger partial charge in [0, 0.05) is 12.6 Å². The molecule has 0 aliphatic rings. The minimum absolute atomic E-state index is 0.216. The highest BCUT2D eigenvalue weighted by Gasteiger charge is 2.21. The number of hydrogen-bond donors (Lipinski definition) is 1. The first-order valence-corrected chi connectivity index (χ1v) is 7.29. The van der Waals surface area contributed by atoms with E-state index < -0.39 is 0 Å². The maximum absolute atomic E-state index is 12.0. The number of amides is 1. The predicted molar refractivity (Wildman–Crippen MR) is 80.9 cm³/mol. The number of carbonyl (C=O) groups excluding carboxylic acids is 1. The summed E-state index contributed by atoms with van der Waals surface area (Å²) in [5.74, 6) is 0.341. The van der Waals surface area contributed by atoms with Crippen molar-refractivity contribution in [3.8, 4) is 0 Å². The van der Waals surface area contributed by atoms with E-state index in [2.05, 4.69) is 34.0 Å². The van der Waals surface area contributed by atoms with Crippen molar-refractivity contribution in [1.82, 2.24) is 20.2 Å². The van der Waals surface area contributed by atoms with Gasteiger partial charge in [-0.25, -0.2) is 9.97 Å². The van der Waals surface area contributed by atoms with Crippen LogP contribution in [0, 0.1) is 5.92 Å². The van der Waals surface area contributed by atoms with E-state index in [1.807, 2.05) is 14.1 Å². The molecule has 0 aliphatic carbocycles. The molecule has 0 saturated heterocycles. The van der Waals surface area contributed by atoms with Crippen LogP contribution in [-0.4, -0.2) is 47.5 Å². The van der Waals surface area contributed by atoms with Gasteiger partial charge in [0.2, 0.25) is 0 Å². The summed E-state index contributed by atoms with van der Waals surface area (Å²) in [5, 5.41) is 3.20. The maximum Gasteiger partial charge on any atom is 0.271 e. The van der Waals surface area contributed by atoms with Crippen LogP contribution in [0.3, 0.4) is 0 Å². The SMILES string of the molecule is CCC(CC)C(CNC(=O)c1cnc(Cl)cn1)N(C)C. The van der Waals surface area contributed by atoms with Gasteiger partial charge in [0.25, 0.3) is 5.91 Å². The van der Waals surface area contributed by atoms with Crippen LogP contribution in [0.1, 0.15) is 37.2 Å². The van der Waals surface area contributed by atoms with Crippen LogP contribution in [-0.2, 0) is 0 Å². The van der Waals surface area contributed by atoms with Crippen molar-refractivity contribution in [3.63, 3.8) is 0 Å². The third-order valence-electron chi connectivity index (χ3n) is 3.58. The van der Waals surface area contributed by atoms with Gasteiger partial charge in [-0.1, -0.05) is 38.3 Å². The summed E-state index contributed by atoms with van der Waals surface area (Å²) in [4.78, 5) is 22.0. The molecule has 1 aromatic heterocycles. The molecule has 1 aromatic rings. The van der Waals surface area contributed by atoms with Crippen molar-refractivity contribution in [1.29, 1.82) is 0 Å². The molecule has 6 heteroatoms. The second-order valence-corrected chi connectivity index (χ2v) is 5.43. The maximum atomic E-state index is 12.0. The molecular weight excluding hydrogens is 276 g/mol. The number of nitrogens with zero attached hydrogens (tertiary/aromatic N) is 3. The Balaban J connectivity index is 2.63. The van der Waals surface area contributed by atoms with Crippen molar-refractivity contribution in [2.24, 2.45) is 5.92 Å². The minimum Gasteiger partial charge on any atom is -0.349 e. The van der Waals surface area contributed by atoms with E-state index in [1.165, 1.54) is 12.4 Å². The highest BCUT2D eigenvalue weighted by atomic mass is 35.5. The van der Waals surface area contributed by atoms with Crippen LogP contribution in [0.25, 0.3) is 0 Å². The molecule has 1 amide bonds. The fourth-order valence-corrected chi connectivity index (χ4v) is 2.42. The molecule has 0 saturated carbocycles. The van der Waals surface area contributed by atoms with Crippen molar-refractivity contribution in [2.45, 2.75) is 32.7 Å². The van der Waals surface area contributed by atoms with Crippen LogP contribution in [0.15, 0.2) is 12.4 Å². The number of nitrogens with one attached hydrogen (secondary N) is 1. The fraction of sp³-hybridized carbons (Fsp3) is 0.643. The van der Waals surface area contributed by atoms with Gasteiger partial charge in [0.15, 0.2) is 0 Å². The smallest absolute Gasteiger partial charge is 0.271 e. The summed E-state index contributed by atoms with van der Waals surface area (Å²) in [5.41, 5.74) is 0.288. The molecule has 0 bridgehead atoms. The lowest BCUT2D eigenvalue weighted by atomic mass is 9.93. The summed E-state index contributed by atoms with van der Waals surface area (Å²) < 4.78 is 0. The Bertz CT molecular complexity index is 418. The van der Waals surface area contributed by atoms with E-state index in [9.17, 15) is 4.79 Å². The molecule has 112 valence electrons. The molecule has 0 fully saturated rings. The zero-order valence-corrected chi connectivity index (χ0v) is 13.3. The van der Waals surface area contributed by atoms with Gasteiger partial charge >= 0.3 is 0 Å². The van der Waals surface area contributed by atoms with Crippen LogP contribution >= 0.6 is 11.6 Å². The summed E-state index contributed by atoms with van der Waals surface area (Å²) in [7, 11) is 4.08. The summed E-state index contributed by atoms with van der Waals surface area (Å²) in [6, 6.07) is 0.314. The standard InChI is InChI=1S/C14H23ClN4O/c1-5-10(6-2)12(19(3)4)8-18-14(20)11-7-17-13(15)9-16-11/h7,9-10,12H,5-6,8H2,1-4H3,(H,18,20). The highest BCUT2D eigenvalue weighted by molar-refractivity contribution is 6.29. The minimum atomic E-state index is -0.216. The van der Waals surface area contributed by atoms with E-state index in [1.54, 1.807) is 0 Å². The van der Waals surface area contributed by atoms with Gasteiger partial charge in [-0.3, -0.25) is 4.79 Å². The predicted octanol–water partition coefficient (Wildman–Crippen LogP) is 2.23. The lowest BCUT2D eigenvalue weighted by Crippen LogP contribution is -2.44. The number of likely N-dealkylation sites (N-methyl/N-ethyl adjacent to an activating group) is 1. The van der Waals surface area contributed by atoms with Crippen LogP contribution in [0.5, 0.6) is 0 Å². The van der Waals surface area contributed by atoms with E-state index in [0.717, 1.165) is 12.8 Å². The number of rotatable bonds is 7. The number of aromatic nitrogens is 2. The van der Waals surface area contributed by atoms with Crippen LogP contribution in [0.2, 0.25) is 5.15 Å². The molecule has 1 atom stereocenters. The molecule has 1 heterocycles. The molecule has 0 spiro atoms. The summed E-state index contributed by atoms with van der Waals surface area (Å²) in [6.07, 6.45) is 4.95. The first-order valence-electron chi connectivity index (χ1n) is 6.91. The van der Waals surface area contributed by atoms with E-state index in [0.29, 0.717) is 18.5 Å². The van der Waals surface area contributed by atoms with Crippen molar-refractivity contribution in [3.05, 3.63) is 23.2 Å². The van der Waals surface area contributed by atoms with Crippen molar-refractivity contribution >= 4 is 17.5 Å². The molecule has 1 unspecified atom stereocenters. The van der Waals surface area contributed by atoms with Crippen molar-refractivity contribution in [2.75, 3.05) is 20.6 Å². The molecule has 1 N–H and O–H groups in total. The Kier molecular flexibility index (Phi) is 6.88. The second-order valence-electron chi connectivity index (χ2n) is 5.04. The third kappa shape index (κ3) is 4.72. The topological polar surface area (TPSA) is 58.1 Å². The van der Waals surface area contributed by atoms with Gasteiger partial charge < -0.3 is 10.2 Å². The first kappa shape index (κ1) is 16.9. The Morgan fingerprint density at radius 3 is 2.40 bits per heavy atom. The van der Waals surface area contributed by atoms with Gasteiger partial charge in [-0.15, -0.1) is 0 Å². The average Bonchev–Trinajstić information content (AvgIpc) is 2.43. The average molecular weight is 299 g/mol. The van der Waals surface area contributed by atoms with E-state index in [-0.39, 0.29) is 16.8 Å². The third-order valence-corrected chi connectivity index (χ3v) is 3.78. The summed E-state index contributed by atoms with van der Waals surface area (Å²) >= 11 is 5.65. The highest BCUT2D eigenvalue weighted by Crippen LogP contribution is 2.16. The Labute approximate surface area is 125 Å². The molecule has 0 radical (unpaired) electrons. The zero-order chi connectivity index (χ0) is 15.1. The largest absolute Gasteiger partial charge is 0.349 e. The number of carbonyl (C=O) groups is 1.